The van der Waals surface area contributed by atoms with E-state index in [4.69, 9.17) is 5.11 Å². The molecule has 0 aliphatic heterocycles. The maximum absolute atomic E-state index is 14.4. The Hall–Kier alpha value is -2.36. The second-order valence-electron chi connectivity index (χ2n) is 5.36. The predicted molar refractivity (Wildman–Crippen MR) is 85.4 cm³/mol. The number of amides is 1. The molecule has 0 heterocycles. The topological polar surface area (TPSA) is 49.3 Å². The first-order chi connectivity index (χ1) is 10.5. The van der Waals surface area contributed by atoms with Crippen molar-refractivity contribution in [1.82, 2.24) is 5.32 Å². The van der Waals surface area contributed by atoms with Gasteiger partial charge in [0.05, 0.1) is 6.04 Å². The van der Waals surface area contributed by atoms with Crippen molar-refractivity contribution >= 4 is 6.09 Å². The van der Waals surface area contributed by atoms with Crippen LogP contribution in [0.4, 0.5) is 9.18 Å². The molecule has 3 nitrogen and oxygen atoms in total. The molecule has 0 bridgehead atoms. The van der Waals surface area contributed by atoms with E-state index in [0.29, 0.717) is 17.5 Å². The number of nitrogens with one attached hydrogen (secondary N) is 1. The van der Waals surface area contributed by atoms with Gasteiger partial charge in [-0.25, -0.2) is 9.18 Å². The van der Waals surface area contributed by atoms with Crippen molar-refractivity contribution in [2.24, 2.45) is 0 Å². The molecule has 0 saturated heterocycles. The van der Waals surface area contributed by atoms with Gasteiger partial charge < -0.3 is 10.4 Å². The zero-order valence-electron chi connectivity index (χ0n) is 12.8. The average molecular weight is 301 g/mol. The number of carbonyl (C=O) groups is 1. The number of carboxylic acid groups (broad SMARTS) is 1. The Morgan fingerprint density at radius 3 is 2.64 bits per heavy atom. The van der Waals surface area contributed by atoms with E-state index in [1.54, 1.807) is 12.1 Å². The molecule has 0 spiro atoms. The molecule has 0 radical (unpaired) electrons. The van der Waals surface area contributed by atoms with Crippen LogP contribution in [0.3, 0.4) is 0 Å². The van der Waals surface area contributed by atoms with Gasteiger partial charge in [0.15, 0.2) is 0 Å². The number of rotatable bonds is 5. The summed E-state index contributed by atoms with van der Waals surface area (Å²) in [6, 6.07) is 12.0. The highest BCUT2D eigenvalue weighted by atomic mass is 19.1. The highest BCUT2D eigenvalue weighted by Crippen LogP contribution is 2.33. The molecule has 0 saturated carbocycles. The van der Waals surface area contributed by atoms with E-state index in [1.165, 1.54) is 6.07 Å². The minimum absolute atomic E-state index is 0.337. The van der Waals surface area contributed by atoms with Crippen LogP contribution in [-0.4, -0.2) is 11.2 Å². The first-order valence-corrected chi connectivity index (χ1v) is 7.37. The molecular formula is C18H20FNO2. The lowest BCUT2D eigenvalue weighted by atomic mass is 9.91. The summed E-state index contributed by atoms with van der Waals surface area (Å²) in [5.74, 6) is -0.337. The lowest BCUT2D eigenvalue weighted by Crippen LogP contribution is -2.27. The Balaban J connectivity index is 2.56. The molecule has 2 N–H and O–H groups in total. The average Bonchev–Trinajstić information content (AvgIpc) is 2.46. The van der Waals surface area contributed by atoms with Gasteiger partial charge in [-0.15, -0.1) is 0 Å². The van der Waals surface area contributed by atoms with Crippen LogP contribution in [0.15, 0.2) is 42.5 Å². The summed E-state index contributed by atoms with van der Waals surface area (Å²) in [6.07, 6.45) is 0.321. The quantitative estimate of drug-likeness (QED) is 0.824. The van der Waals surface area contributed by atoms with Gasteiger partial charge in [-0.3, -0.25) is 0 Å². The Bertz CT molecular complexity index is 670. The van der Waals surface area contributed by atoms with Crippen molar-refractivity contribution < 1.29 is 14.3 Å². The summed E-state index contributed by atoms with van der Waals surface area (Å²) in [5, 5.41) is 11.5. The fourth-order valence-electron chi connectivity index (χ4n) is 2.68. The van der Waals surface area contributed by atoms with Crippen LogP contribution in [0.2, 0.25) is 0 Å². The number of hydrogen-bond acceptors (Lipinski definition) is 1. The van der Waals surface area contributed by atoms with E-state index < -0.39 is 12.1 Å². The van der Waals surface area contributed by atoms with E-state index in [2.05, 4.69) is 5.32 Å². The van der Waals surface area contributed by atoms with E-state index in [1.807, 2.05) is 38.1 Å². The minimum atomic E-state index is -1.10. The maximum Gasteiger partial charge on any atom is 0.405 e. The first kappa shape index (κ1) is 16.0. The van der Waals surface area contributed by atoms with Gasteiger partial charge in [0.2, 0.25) is 0 Å². The van der Waals surface area contributed by atoms with Crippen molar-refractivity contribution in [2.45, 2.75) is 32.7 Å². The van der Waals surface area contributed by atoms with Crippen molar-refractivity contribution in [2.75, 3.05) is 0 Å². The highest BCUT2D eigenvalue weighted by molar-refractivity contribution is 5.71. The normalized spacial score (nSPS) is 12.0. The van der Waals surface area contributed by atoms with Crippen molar-refractivity contribution in [1.29, 1.82) is 0 Å². The second-order valence-corrected chi connectivity index (χ2v) is 5.36. The summed E-state index contributed by atoms with van der Waals surface area (Å²) < 4.78 is 14.4. The summed E-state index contributed by atoms with van der Waals surface area (Å²) in [5.41, 5.74) is 2.94. The Morgan fingerprint density at radius 2 is 2.00 bits per heavy atom. The second kappa shape index (κ2) is 7.07. The summed E-state index contributed by atoms with van der Waals surface area (Å²) in [6.45, 7) is 3.92. The summed E-state index contributed by atoms with van der Waals surface area (Å²) >= 11 is 0. The zero-order valence-corrected chi connectivity index (χ0v) is 12.8. The van der Waals surface area contributed by atoms with Crippen molar-refractivity contribution in [3.05, 3.63) is 59.4 Å². The van der Waals surface area contributed by atoms with Crippen molar-refractivity contribution in [3.8, 4) is 11.1 Å². The lowest BCUT2D eigenvalue weighted by Gasteiger charge is -2.21. The molecule has 116 valence electrons. The van der Waals surface area contributed by atoms with E-state index in [9.17, 15) is 9.18 Å². The van der Waals surface area contributed by atoms with Gasteiger partial charge in [0, 0.05) is 5.56 Å². The molecule has 0 aromatic heterocycles. The van der Waals surface area contributed by atoms with Gasteiger partial charge in [0.1, 0.15) is 5.82 Å². The smallest absolute Gasteiger partial charge is 0.405 e. The van der Waals surface area contributed by atoms with Crippen LogP contribution in [-0.2, 0) is 0 Å². The highest BCUT2D eigenvalue weighted by Gasteiger charge is 2.20. The van der Waals surface area contributed by atoms with E-state index in [-0.39, 0.29) is 5.82 Å². The Labute approximate surface area is 129 Å². The van der Waals surface area contributed by atoms with Crippen LogP contribution < -0.4 is 5.32 Å². The third kappa shape index (κ3) is 3.64. The third-order valence-electron chi connectivity index (χ3n) is 3.60. The molecule has 2 aromatic carbocycles. The molecule has 1 unspecified atom stereocenters. The number of benzene rings is 2. The third-order valence-corrected chi connectivity index (χ3v) is 3.60. The molecule has 2 rings (SSSR count). The van der Waals surface area contributed by atoms with Gasteiger partial charge in [-0.05, 0) is 30.5 Å². The monoisotopic (exact) mass is 301 g/mol. The standard InChI is InChI=1S/C18H20FNO2/c1-3-6-16(20-18(21)22)14-9-5-10-15(19)17(14)13-8-4-7-12(2)11-13/h4-5,7-11,16,20H,3,6H2,1-2H3,(H,21,22). The minimum Gasteiger partial charge on any atom is -0.465 e. The number of halogens is 1. The van der Waals surface area contributed by atoms with Gasteiger partial charge in [0.25, 0.3) is 0 Å². The molecule has 1 atom stereocenters. The molecule has 22 heavy (non-hydrogen) atoms. The zero-order chi connectivity index (χ0) is 16.1. The Kier molecular flexibility index (Phi) is 5.15. The molecule has 0 aliphatic rings. The molecule has 0 aliphatic carbocycles. The molecular weight excluding hydrogens is 281 g/mol. The van der Waals surface area contributed by atoms with Crippen molar-refractivity contribution in [3.63, 3.8) is 0 Å². The van der Waals surface area contributed by atoms with Crippen LogP contribution in [0.1, 0.15) is 36.9 Å². The molecule has 1 amide bonds. The number of aryl methyl sites for hydroxylation is 1. The lowest BCUT2D eigenvalue weighted by molar-refractivity contribution is 0.189. The van der Waals surface area contributed by atoms with Crippen LogP contribution >= 0.6 is 0 Å². The summed E-state index contributed by atoms with van der Waals surface area (Å²) in [7, 11) is 0. The van der Waals surface area contributed by atoms with Gasteiger partial charge >= 0.3 is 6.09 Å². The SMILES string of the molecule is CCCC(NC(=O)O)c1cccc(F)c1-c1cccc(C)c1. The van der Waals surface area contributed by atoms with E-state index in [0.717, 1.165) is 17.5 Å². The van der Waals surface area contributed by atoms with E-state index >= 15 is 0 Å². The number of hydrogen-bond donors (Lipinski definition) is 2. The van der Waals surface area contributed by atoms with Crippen LogP contribution in [0, 0.1) is 12.7 Å². The van der Waals surface area contributed by atoms with Crippen LogP contribution in [0.5, 0.6) is 0 Å². The molecule has 0 fully saturated rings. The van der Waals surface area contributed by atoms with Gasteiger partial charge in [-0.1, -0.05) is 55.3 Å². The van der Waals surface area contributed by atoms with Crippen LogP contribution in [0.25, 0.3) is 11.1 Å². The Morgan fingerprint density at radius 1 is 1.27 bits per heavy atom. The van der Waals surface area contributed by atoms with Gasteiger partial charge in [-0.2, -0.15) is 0 Å². The first-order valence-electron chi connectivity index (χ1n) is 7.37. The largest absolute Gasteiger partial charge is 0.465 e. The maximum atomic E-state index is 14.4. The molecule has 2 aromatic rings. The molecule has 4 heteroatoms. The predicted octanol–water partition coefficient (Wildman–Crippen LogP) is 4.91. The fourth-order valence-corrected chi connectivity index (χ4v) is 2.68. The fraction of sp³-hybridized carbons (Fsp3) is 0.278. The summed E-state index contributed by atoms with van der Waals surface area (Å²) in [4.78, 5) is 11.0.